The minimum absolute atomic E-state index is 0. The number of halogens is 1. The summed E-state index contributed by atoms with van der Waals surface area (Å²) < 4.78 is 5.32. The molecule has 1 aromatic heterocycles. The zero-order chi connectivity index (χ0) is 16.7. The second kappa shape index (κ2) is 7.39. The summed E-state index contributed by atoms with van der Waals surface area (Å²) in [5.41, 5.74) is 0. The minimum atomic E-state index is -0.137. The van der Waals surface area contributed by atoms with E-state index >= 15 is 0 Å². The van der Waals surface area contributed by atoms with E-state index in [0.29, 0.717) is 11.7 Å². The lowest BCUT2D eigenvalue weighted by atomic mass is 9.81. The van der Waals surface area contributed by atoms with E-state index in [4.69, 9.17) is 4.52 Å². The molecular weight excluding hydrogens is 346 g/mol. The van der Waals surface area contributed by atoms with Gasteiger partial charge in [-0.05, 0) is 19.9 Å². The van der Waals surface area contributed by atoms with Gasteiger partial charge in [0.05, 0.1) is 17.9 Å². The fraction of sp³-hybridized carbons (Fsp3) is 0.750. The number of fused-ring (bicyclic) bond motifs is 1. The number of likely N-dealkylation sites (tertiary alicyclic amines) is 1. The van der Waals surface area contributed by atoms with Crippen molar-refractivity contribution >= 4 is 24.2 Å². The molecule has 3 unspecified atom stereocenters. The second-order valence-electron chi connectivity index (χ2n) is 7.01. The number of aromatic nitrogens is 2. The molecule has 3 aliphatic rings. The summed E-state index contributed by atoms with van der Waals surface area (Å²) in [5, 5.41) is 7.37. The van der Waals surface area contributed by atoms with Gasteiger partial charge in [0, 0.05) is 19.6 Å². The Morgan fingerprint density at radius 1 is 1.20 bits per heavy atom. The van der Waals surface area contributed by atoms with Gasteiger partial charge >= 0.3 is 0 Å². The van der Waals surface area contributed by atoms with Crippen molar-refractivity contribution in [2.24, 2.45) is 11.8 Å². The molecule has 2 aliphatic heterocycles. The molecule has 3 heterocycles. The van der Waals surface area contributed by atoms with E-state index in [1.165, 1.54) is 4.90 Å². The molecule has 9 heteroatoms. The van der Waals surface area contributed by atoms with Crippen LogP contribution < -0.4 is 5.32 Å². The zero-order valence-corrected chi connectivity index (χ0v) is 15.1. The Morgan fingerprint density at radius 3 is 2.52 bits per heavy atom. The number of likely N-dealkylation sites (N-methyl/N-ethyl adjacent to an activating group) is 1. The normalized spacial score (nSPS) is 30.3. The van der Waals surface area contributed by atoms with Crippen LogP contribution in [0, 0.1) is 11.8 Å². The van der Waals surface area contributed by atoms with Crippen LogP contribution in [0.25, 0.3) is 0 Å². The molecule has 0 aromatic carbocycles. The Balaban J connectivity index is 0.00000182. The summed E-state index contributed by atoms with van der Waals surface area (Å²) >= 11 is 0. The van der Waals surface area contributed by atoms with Gasteiger partial charge in [0.15, 0.2) is 5.82 Å². The number of amides is 2. The van der Waals surface area contributed by atoms with Gasteiger partial charge in [0.1, 0.15) is 6.54 Å². The van der Waals surface area contributed by atoms with Crippen LogP contribution in [0.3, 0.4) is 0 Å². The Labute approximate surface area is 152 Å². The molecule has 3 atom stereocenters. The number of nitrogens with one attached hydrogen (secondary N) is 1. The van der Waals surface area contributed by atoms with Crippen molar-refractivity contribution < 1.29 is 14.1 Å². The SMILES string of the molecule is CN1CCNCC1c1noc(CN2C(=O)C3CCCCC3C2=O)n1.Cl. The van der Waals surface area contributed by atoms with Gasteiger partial charge in [-0.1, -0.05) is 18.0 Å². The molecule has 1 aliphatic carbocycles. The molecule has 8 nitrogen and oxygen atoms in total. The first kappa shape index (κ1) is 18.3. The maximum atomic E-state index is 12.5. The van der Waals surface area contributed by atoms with Gasteiger partial charge in [0.25, 0.3) is 0 Å². The summed E-state index contributed by atoms with van der Waals surface area (Å²) in [4.78, 5) is 32.9. The first-order valence-corrected chi connectivity index (χ1v) is 8.74. The molecule has 0 radical (unpaired) electrons. The Hall–Kier alpha value is -1.51. The third-order valence-corrected chi connectivity index (χ3v) is 5.52. The minimum Gasteiger partial charge on any atom is -0.337 e. The molecule has 0 bridgehead atoms. The van der Waals surface area contributed by atoms with Crippen LogP contribution in [0.1, 0.15) is 43.4 Å². The van der Waals surface area contributed by atoms with Gasteiger partial charge in [-0.25, -0.2) is 0 Å². The van der Waals surface area contributed by atoms with E-state index in [1.807, 2.05) is 7.05 Å². The fourth-order valence-electron chi connectivity index (χ4n) is 4.08. The van der Waals surface area contributed by atoms with E-state index in [9.17, 15) is 9.59 Å². The smallest absolute Gasteiger partial charge is 0.246 e. The monoisotopic (exact) mass is 369 g/mol. The molecule has 1 N–H and O–H groups in total. The highest BCUT2D eigenvalue weighted by atomic mass is 35.5. The number of carbonyl (C=O) groups is 2. The largest absolute Gasteiger partial charge is 0.337 e. The number of hydrogen-bond acceptors (Lipinski definition) is 7. The van der Waals surface area contributed by atoms with E-state index in [0.717, 1.165) is 45.3 Å². The molecule has 0 spiro atoms. The lowest BCUT2D eigenvalue weighted by Crippen LogP contribution is -2.44. The van der Waals surface area contributed by atoms with Crippen LogP contribution in [0.5, 0.6) is 0 Å². The van der Waals surface area contributed by atoms with Crippen LogP contribution in [0.2, 0.25) is 0 Å². The topological polar surface area (TPSA) is 91.6 Å². The maximum Gasteiger partial charge on any atom is 0.246 e. The highest BCUT2D eigenvalue weighted by Crippen LogP contribution is 2.38. The van der Waals surface area contributed by atoms with Crippen molar-refractivity contribution in [2.45, 2.75) is 38.3 Å². The Kier molecular flexibility index (Phi) is 5.41. The van der Waals surface area contributed by atoms with E-state index in [1.54, 1.807) is 0 Å². The van der Waals surface area contributed by atoms with Crippen molar-refractivity contribution in [1.29, 1.82) is 0 Å². The molecule has 3 fully saturated rings. The predicted octanol–water partition coefficient (Wildman–Crippen LogP) is 0.743. The number of carbonyl (C=O) groups excluding carboxylic acids is 2. The molecule has 1 aromatic rings. The van der Waals surface area contributed by atoms with Crippen LogP contribution >= 0.6 is 12.4 Å². The number of nitrogens with zero attached hydrogens (tertiary/aromatic N) is 4. The lowest BCUT2D eigenvalue weighted by Gasteiger charge is -2.30. The lowest BCUT2D eigenvalue weighted by molar-refractivity contribution is -0.141. The summed E-state index contributed by atoms with van der Waals surface area (Å²) in [7, 11) is 2.03. The third-order valence-electron chi connectivity index (χ3n) is 5.52. The molecular formula is C16H24ClN5O3. The zero-order valence-electron chi connectivity index (χ0n) is 14.3. The molecule has 138 valence electrons. The van der Waals surface area contributed by atoms with Gasteiger partial charge in [0.2, 0.25) is 17.7 Å². The number of piperazine rings is 1. The van der Waals surface area contributed by atoms with Crippen LogP contribution in [0.4, 0.5) is 0 Å². The number of imide groups is 1. The molecule has 4 rings (SSSR count). The van der Waals surface area contributed by atoms with Crippen molar-refractivity contribution in [3.63, 3.8) is 0 Å². The number of hydrogen-bond donors (Lipinski definition) is 1. The number of rotatable bonds is 3. The van der Waals surface area contributed by atoms with Gasteiger partial charge in [-0.2, -0.15) is 4.98 Å². The Morgan fingerprint density at radius 2 is 1.88 bits per heavy atom. The van der Waals surface area contributed by atoms with Crippen LogP contribution in [-0.2, 0) is 16.1 Å². The molecule has 25 heavy (non-hydrogen) atoms. The quantitative estimate of drug-likeness (QED) is 0.786. The van der Waals surface area contributed by atoms with E-state index in [-0.39, 0.29) is 48.6 Å². The highest BCUT2D eigenvalue weighted by Gasteiger charge is 2.48. The summed E-state index contributed by atoms with van der Waals surface area (Å²) in [6, 6.07) is 0.0591. The van der Waals surface area contributed by atoms with Crippen molar-refractivity contribution in [2.75, 3.05) is 26.7 Å². The average molecular weight is 370 g/mol. The molecule has 2 saturated heterocycles. The highest BCUT2D eigenvalue weighted by molar-refractivity contribution is 6.05. The van der Waals surface area contributed by atoms with E-state index < -0.39 is 0 Å². The van der Waals surface area contributed by atoms with Gasteiger partial charge in [-0.3, -0.25) is 19.4 Å². The van der Waals surface area contributed by atoms with Gasteiger partial charge in [-0.15, -0.1) is 12.4 Å². The fourth-order valence-corrected chi connectivity index (χ4v) is 4.08. The maximum absolute atomic E-state index is 12.5. The average Bonchev–Trinajstić information content (AvgIpc) is 3.15. The first-order valence-electron chi connectivity index (χ1n) is 8.74. The summed E-state index contributed by atoms with van der Waals surface area (Å²) in [5.74, 6) is 0.534. The molecule has 2 amide bonds. The first-order chi connectivity index (χ1) is 11.6. The van der Waals surface area contributed by atoms with Crippen molar-refractivity contribution in [3.8, 4) is 0 Å². The summed E-state index contributed by atoms with van der Waals surface area (Å²) in [6.45, 7) is 2.72. The Bertz CT molecular complexity index is 627. The van der Waals surface area contributed by atoms with Crippen molar-refractivity contribution in [1.82, 2.24) is 25.3 Å². The second-order valence-corrected chi connectivity index (χ2v) is 7.01. The predicted molar refractivity (Wildman–Crippen MR) is 90.8 cm³/mol. The van der Waals surface area contributed by atoms with Crippen LogP contribution in [0.15, 0.2) is 4.52 Å². The summed E-state index contributed by atoms with van der Waals surface area (Å²) in [6.07, 6.45) is 3.69. The van der Waals surface area contributed by atoms with E-state index in [2.05, 4.69) is 20.4 Å². The molecule has 1 saturated carbocycles. The van der Waals surface area contributed by atoms with Crippen molar-refractivity contribution in [3.05, 3.63) is 11.7 Å². The third kappa shape index (κ3) is 3.30. The van der Waals surface area contributed by atoms with Crippen LogP contribution in [-0.4, -0.2) is 58.4 Å². The standard InChI is InChI=1S/C16H23N5O3.ClH/c1-20-7-6-17-8-12(20)14-18-13(24-19-14)9-21-15(22)10-4-2-3-5-11(10)16(21)23;/h10-12,17H,2-9H2,1H3;1H. The van der Waals surface area contributed by atoms with Gasteiger partial charge < -0.3 is 9.84 Å².